The zero-order chi connectivity index (χ0) is 19.6. The maximum atomic E-state index is 12.6. The van der Waals surface area contributed by atoms with Gasteiger partial charge in [-0.05, 0) is 37.8 Å². The van der Waals surface area contributed by atoms with Crippen LogP contribution in [0.25, 0.3) is 10.9 Å². The van der Waals surface area contributed by atoms with Crippen molar-refractivity contribution in [2.24, 2.45) is 5.92 Å². The van der Waals surface area contributed by atoms with Crippen LogP contribution in [-0.4, -0.2) is 28.9 Å². The third kappa shape index (κ3) is 4.41. The molecule has 0 bridgehead atoms. The summed E-state index contributed by atoms with van der Waals surface area (Å²) in [5.74, 6) is 0.166. The Morgan fingerprint density at radius 2 is 1.74 bits per heavy atom. The van der Waals surface area contributed by atoms with Crippen molar-refractivity contribution >= 4 is 22.7 Å². The largest absolute Gasteiger partial charge is 0.358 e. The number of nitrogens with one attached hydrogen (secondary N) is 3. The van der Waals surface area contributed by atoms with E-state index in [1.165, 1.54) is 5.57 Å². The molecule has 2 aromatic rings. The highest BCUT2D eigenvalue weighted by atomic mass is 16.2. The summed E-state index contributed by atoms with van der Waals surface area (Å²) in [7, 11) is 0. The van der Waals surface area contributed by atoms with Crippen LogP contribution in [0, 0.1) is 5.92 Å². The van der Waals surface area contributed by atoms with Gasteiger partial charge in [0.05, 0.1) is 0 Å². The Morgan fingerprint density at radius 3 is 2.44 bits per heavy atom. The van der Waals surface area contributed by atoms with Gasteiger partial charge in [-0.1, -0.05) is 43.7 Å². The van der Waals surface area contributed by atoms with Gasteiger partial charge in [0.25, 0.3) is 0 Å². The number of amides is 2. The number of aromatic nitrogens is 1. The van der Waals surface area contributed by atoms with E-state index in [1.54, 1.807) is 0 Å². The van der Waals surface area contributed by atoms with Crippen molar-refractivity contribution in [2.75, 3.05) is 0 Å². The Labute approximate surface area is 160 Å². The summed E-state index contributed by atoms with van der Waals surface area (Å²) in [5.41, 5.74) is 4.51. The molecule has 3 N–H and O–H groups in total. The molecular formula is C22H29N3O2. The summed E-state index contributed by atoms with van der Waals surface area (Å²) in [6.45, 7) is 8.25. The molecule has 0 aliphatic carbocycles. The first-order chi connectivity index (χ1) is 12.8. The number of allylic oxidation sites excluding steroid dienone is 2. The summed E-state index contributed by atoms with van der Waals surface area (Å²) in [4.78, 5) is 28.5. The number of rotatable bonds is 6. The van der Waals surface area contributed by atoms with Gasteiger partial charge >= 0.3 is 0 Å². The van der Waals surface area contributed by atoms with Crippen molar-refractivity contribution in [1.82, 2.24) is 15.6 Å². The van der Waals surface area contributed by atoms with Crippen molar-refractivity contribution < 1.29 is 9.59 Å². The minimum atomic E-state index is -0.537. The third-order valence-corrected chi connectivity index (χ3v) is 5.00. The quantitative estimate of drug-likeness (QED) is 0.686. The summed E-state index contributed by atoms with van der Waals surface area (Å²) in [5, 5.41) is 6.95. The Morgan fingerprint density at radius 1 is 1.07 bits per heavy atom. The number of aromatic amines is 1. The van der Waals surface area contributed by atoms with Crippen molar-refractivity contribution in [3.8, 4) is 0 Å². The minimum absolute atomic E-state index is 0.0843. The fraction of sp³-hybridized carbons (Fsp3) is 0.455. The lowest BCUT2D eigenvalue weighted by atomic mass is 9.95. The van der Waals surface area contributed by atoms with Gasteiger partial charge in [-0.25, -0.2) is 0 Å². The van der Waals surface area contributed by atoms with E-state index < -0.39 is 12.1 Å². The highest BCUT2D eigenvalue weighted by molar-refractivity contribution is 5.97. The van der Waals surface area contributed by atoms with Gasteiger partial charge < -0.3 is 15.6 Å². The van der Waals surface area contributed by atoms with E-state index in [1.807, 2.05) is 32.0 Å². The van der Waals surface area contributed by atoms with Gasteiger partial charge in [0.2, 0.25) is 11.8 Å². The van der Waals surface area contributed by atoms with E-state index in [2.05, 4.69) is 41.6 Å². The second-order valence-corrected chi connectivity index (χ2v) is 8.07. The van der Waals surface area contributed by atoms with E-state index >= 15 is 0 Å². The van der Waals surface area contributed by atoms with Crippen LogP contribution in [0.4, 0.5) is 0 Å². The number of carbonyl (C=O) groups is 2. The molecule has 0 spiro atoms. The third-order valence-electron chi connectivity index (χ3n) is 5.00. The number of hydrogen-bond donors (Lipinski definition) is 3. The molecule has 2 heterocycles. The number of carbonyl (C=O) groups excluding carboxylic acids is 2. The maximum absolute atomic E-state index is 12.6. The molecule has 1 aromatic heterocycles. The van der Waals surface area contributed by atoms with Crippen LogP contribution in [-0.2, 0) is 22.4 Å². The van der Waals surface area contributed by atoms with Crippen LogP contribution < -0.4 is 10.6 Å². The molecule has 1 fully saturated rings. The van der Waals surface area contributed by atoms with E-state index in [-0.39, 0.29) is 11.8 Å². The van der Waals surface area contributed by atoms with E-state index in [0.717, 1.165) is 28.6 Å². The number of H-pyrrole nitrogens is 1. The smallest absolute Gasteiger partial charge is 0.243 e. The molecule has 1 saturated heterocycles. The highest BCUT2D eigenvalue weighted by Gasteiger charge is 2.34. The minimum Gasteiger partial charge on any atom is -0.358 e. The van der Waals surface area contributed by atoms with E-state index in [9.17, 15) is 9.59 Å². The number of fused-ring (bicyclic) bond motifs is 1. The molecule has 27 heavy (non-hydrogen) atoms. The lowest BCUT2D eigenvalue weighted by Crippen LogP contribution is -2.62. The number of hydrogen-bond acceptors (Lipinski definition) is 2. The fourth-order valence-corrected chi connectivity index (χ4v) is 3.63. The second kappa shape index (κ2) is 7.99. The van der Waals surface area contributed by atoms with Crippen LogP contribution in [0.1, 0.15) is 45.4 Å². The number of para-hydroxylation sites is 1. The molecular weight excluding hydrogens is 338 g/mol. The Hall–Kier alpha value is -2.56. The standard InChI is InChI=1S/C22H29N3O2/c1-13(2)9-10-18-16(15-7-5-6-8-17(15)23-18)12-20-22(27)24-19(11-14(3)4)21(26)25-20/h5-9,14,19-20,23H,10-12H2,1-4H3,(H,24,27)(H,25,26)/t19-,20-/m0/s1. The van der Waals surface area contributed by atoms with Crippen molar-refractivity contribution in [3.05, 3.63) is 47.2 Å². The van der Waals surface area contributed by atoms with Gasteiger partial charge in [-0.3, -0.25) is 9.59 Å². The Bertz CT molecular complexity index is 875. The average Bonchev–Trinajstić information content (AvgIpc) is 2.95. The molecule has 0 saturated carbocycles. The molecule has 144 valence electrons. The first-order valence-electron chi connectivity index (χ1n) is 9.67. The van der Waals surface area contributed by atoms with Crippen LogP contribution in [0.3, 0.4) is 0 Å². The molecule has 5 nitrogen and oxygen atoms in total. The van der Waals surface area contributed by atoms with Crippen molar-refractivity contribution in [1.29, 1.82) is 0 Å². The van der Waals surface area contributed by atoms with Crippen LogP contribution in [0.15, 0.2) is 35.9 Å². The zero-order valence-corrected chi connectivity index (χ0v) is 16.6. The molecule has 1 aliphatic rings. The molecule has 1 aromatic carbocycles. The highest BCUT2D eigenvalue weighted by Crippen LogP contribution is 2.25. The molecule has 2 atom stereocenters. The molecule has 0 unspecified atom stereocenters. The fourth-order valence-electron chi connectivity index (χ4n) is 3.63. The number of piperazine rings is 1. The average molecular weight is 367 g/mol. The van der Waals surface area contributed by atoms with Crippen LogP contribution >= 0.6 is 0 Å². The first kappa shape index (κ1) is 19.2. The van der Waals surface area contributed by atoms with E-state index in [0.29, 0.717) is 18.8 Å². The van der Waals surface area contributed by atoms with Crippen LogP contribution in [0.5, 0.6) is 0 Å². The van der Waals surface area contributed by atoms with Crippen LogP contribution in [0.2, 0.25) is 0 Å². The normalized spacial score (nSPS) is 19.9. The zero-order valence-electron chi connectivity index (χ0n) is 16.6. The molecule has 3 rings (SSSR count). The monoisotopic (exact) mass is 367 g/mol. The van der Waals surface area contributed by atoms with Gasteiger partial charge in [-0.2, -0.15) is 0 Å². The lowest BCUT2D eigenvalue weighted by Gasteiger charge is -2.30. The topological polar surface area (TPSA) is 74.0 Å². The Balaban J connectivity index is 1.85. The molecule has 1 aliphatic heterocycles. The van der Waals surface area contributed by atoms with Gasteiger partial charge in [0.1, 0.15) is 12.1 Å². The predicted octanol–water partition coefficient (Wildman–Crippen LogP) is 3.25. The SMILES string of the molecule is CC(C)=CCc1[nH]c2ccccc2c1C[C@@H]1NC(=O)[C@H](CC(C)C)NC1=O. The summed E-state index contributed by atoms with van der Waals surface area (Å²) >= 11 is 0. The summed E-state index contributed by atoms with van der Waals surface area (Å²) < 4.78 is 0. The molecule has 0 radical (unpaired) electrons. The van der Waals surface area contributed by atoms with Gasteiger partial charge in [-0.15, -0.1) is 0 Å². The summed E-state index contributed by atoms with van der Waals surface area (Å²) in [6.07, 6.45) is 4.10. The second-order valence-electron chi connectivity index (χ2n) is 8.07. The van der Waals surface area contributed by atoms with Crippen molar-refractivity contribution in [2.45, 2.75) is 59.0 Å². The summed E-state index contributed by atoms with van der Waals surface area (Å²) in [6, 6.07) is 7.15. The van der Waals surface area contributed by atoms with Gasteiger partial charge in [0.15, 0.2) is 0 Å². The molecule has 5 heteroatoms. The maximum Gasteiger partial charge on any atom is 0.243 e. The predicted molar refractivity (Wildman–Crippen MR) is 108 cm³/mol. The number of benzene rings is 1. The lowest BCUT2D eigenvalue weighted by molar-refractivity contribution is -0.137. The first-order valence-corrected chi connectivity index (χ1v) is 9.67. The van der Waals surface area contributed by atoms with Crippen molar-refractivity contribution in [3.63, 3.8) is 0 Å². The Kier molecular flexibility index (Phi) is 5.68. The van der Waals surface area contributed by atoms with Gasteiger partial charge in [0, 0.05) is 29.4 Å². The van der Waals surface area contributed by atoms with E-state index in [4.69, 9.17) is 0 Å². The molecule has 2 amide bonds.